The molecule has 1 aliphatic rings. The fourth-order valence-corrected chi connectivity index (χ4v) is 1.84. The average Bonchev–Trinajstić information content (AvgIpc) is 1.87. The van der Waals surface area contributed by atoms with Crippen LogP contribution in [0.3, 0.4) is 0 Å². The second kappa shape index (κ2) is 2.05. The largest absolute Gasteiger partial charge is 0.392 e. The molecule has 0 aromatic carbocycles. The Labute approximate surface area is 48.1 Å². The van der Waals surface area contributed by atoms with Gasteiger partial charge in [0, 0.05) is 11.0 Å². The molecule has 1 heterocycles. The van der Waals surface area contributed by atoms with Crippen molar-refractivity contribution in [3.05, 3.63) is 0 Å². The van der Waals surface area contributed by atoms with E-state index in [2.05, 4.69) is 6.92 Å². The van der Waals surface area contributed by atoms with Gasteiger partial charge in [-0.2, -0.15) is 11.8 Å². The van der Waals surface area contributed by atoms with Gasteiger partial charge in [-0.3, -0.25) is 0 Å². The maximum Gasteiger partial charge on any atom is 0.0641 e. The molecule has 1 saturated heterocycles. The zero-order chi connectivity index (χ0) is 5.28. The Morgan fingerprint density at radius 2 is 2.43 bits per heavy atom. The molecule has 1 aliphatic heterocycles. The van der Waals surface area contributed by atoms with Crippen molar-refractivity contribution in [2.24, 2.45) is 0 Å². The summed E-state index contributed by atoms with van der Waals surface area (Å²) in [5.41, 5.74) is 0. The van der Waals surface area contributed by atoms with Crippen LogP contribution in [-0.4, -0.2) is 22.2 Å². The third-order valence-electron chi connectivity index (χ3n) is 1.18. The highest BCUT2D eigenvalue weighted by molar-refractivity contribution is 8.00. The third kappa shape index (κ3) is 1.35. The summed E-state index contributed by atoms with van der Waals surface area (Å²) in [6.45, 7) is 2.15. The van der Waals surface area contributed by atoms with Crippen LogP contribution in [0.5, 0.6) is 0 Å². The number of hydrogen-bond acceptors (Lipinski definition) is 2. The standard InChI is InChI=1S/C5H10OS/c1-4-2-5(6)3-7-4/h4-6H,2-3H2,1H3/t4-,5-/m0/s1. The SMILES string of the molecule is C[C@H]1C[C@H](O)CS1. The summed E-state index contributed by atoms with van der Waals surface area (Å²) in [6.07, 6.45) is 0.977. The fraction of sp³-hybridized carbons (Fsp3) is 1.00. The molecular formula is C5H10OS. The van der Waals surface area contributed by atoms with Gasteiger partial charge >= 0.3 is 0 Å². The molecule has 0 bridgehead atoms. The highest BCUT2D eigenvalue weighted by Crippen LogP contribution is 2.25. The Bertz CT molecular complexity index is 57.1. The lowest BCUT2D eigenvalue weighted by Gasteiger charge is -1.94. The van der Waals surface area contributed by atoms with Crippen molar-refractivity contribution in [1.82, 2.24) is 0 Å². The number of hydrogen-bond donors (Lipinski definition) is 1. The van der Waals surface area contributed by atoms with Crippen molar-refractivity contribution in [2.75, 3.05) is 5.75 Å². The van der Waals surface area contributed by atoms with Gasteiger partial charge < -0.3 is 5.11 Å². The lowest BCUT2D eigenvalue weighted by atomic mass is 10.2. The summed E-state index contributed by atoms with van der Waals surface area (Å²) < 4.78 is 0. The van der Waals surface area contributed by atoms with Crippen LogP contribution in [0.4, 0.5) is 0 Å². The van der Waals surface area contributed by atoms with E-state index in [1.54, 1.807) is 0 Å². The number of aliphatic hydroxyl groups excluding tert-OH is 1. The van der Waals surface area contributed by atoms with Crippen molar-refractivity contribution < 1.29 is 5.11 Å². The predicted molar refractivity (Wildman–Crippen MR) is 32.5 cm³/mol. The van der Waals surface area contributed by atoms with Gasteiger partial charge in [0.1, 0.15) is 0 Å². The lowest BCUT2D eigenvalue weighted by Crippen LogP contribution is -2.03. The molecule has 2 atom stereocenters. The molecule has 0 aromatic rings. The van der Waals surface area contributed by atoms with Crippen molar-refractivity contribution in [1.29, 1.82) is 0 Å². The van der Waals surface area contributed by atoms with Gasteiger partial charge in [-0.15, -0.1) is 0 Å². The molecule has 1 nitrogen and oxygen atoms in total. The van der Waals surface area contributed by atoms with Crippen LogP contribution in [0, 0.1) is 0 Å². The topological polar surface area (TPSA) is 20.2 Å². The summed E-state index contributed by atoms with van der Waals surface area (Å²) >= 11 is 1.86. The van der Waals surface area contributed by atoms with Crippen LogP contribution in [0.1, 0.15) is 13.3 Å². The lowest BCUT2D eigenvalue weighted by molar-refractivity contribution is 0.197. The van der Waals surface area contributed by atoms with Crippen molar-refractivity contribution in [3.63, 3.8) is 0 Å². The molecule has 0 radical (unpaired) electrons. The van der Waals surface area contributed by atoms with Gasteiger partial charge in [-0.25, -0.2) is 0 Å². The first kappa shape index (κ1) is 5.45. The molecule has 0 unspecified atom stereocenters. The first-order valence-corrected chi connectivity index (χ1v) is 3.63. The van der Waals surface area contributed by atoms with Gasteiger partial charge in [0.25, 0.3) is 0 Å². The molecule has 0 saturated carbocycles. The third-order valence-corrected chi connectivity index (χ3v) is 2.52. The highest BCUT2D eigenvalue weighted by atomic mass is 32.2. The quantitative estimate of drug-likeness (QED) is 0.509. The predicted octanol–water partition coefficient (Wildman–Crippen LogP) is 0.873. The van der Waals surface area contributed by atoms with E-state index >= 15 is 0 Å². The molecule has 0 aromatic heterocycles. The average molecular weight is 118 g/mol. The minimum atomic E-state index is -0.0139. The summed E-state index contributed by atoms with van der Waals surface area (Å²) in [7, 11) is 0. The van der Waals surface area contributed by atoms with Crippen molar-refractivity contribution in [2.45, 2.75) is 24.7 Å². The minimum Gasteiger partial charge on any atom is -0.392 e. The maximum atomic E-state index is 8.88. The van der Waals surface area contributed by atoms with Gasteiger partial charge in [-0.1, -0.05) is 6.92 Å². The zero-order valence-corrected chi connectivity index (χ0v) is 5.24. The van der Waals surface area contributed by atoms with Crippen LogP contribution < -0.4 is 0 Å². The monoisotopic (exact) mass is 118 g/mol. The number of rotatable bonds is 0. The van der Waals surface area contributed by atoms with Crippen molar-refractivity contribution >= 4 is 11.8 Å². The van der Waals surface area contributed by atoms with Gasteiger partial charge in [0.05, 0.1) is 6.10 Å². The maximum absolute atomic E-state index is 8.88. The summed E-state index contributed by atoms with van der Waals surface area (Å²) in [6, 6.07) is 0. The van der Waals surface area contributed by atoms with E-state index in [1.807, 2.05) is 11.8 Å². The normalized spacial score (nSPS) is 42.0. The van der Waals surface area contributed by atoms with Gasteiger partial charge in [0.2, 0.25) is 0 Å². The molecule has 2 heteroatoms. The Balaban J connectivity index is 2.26. The number of aliphatic hydroxyl groups is 1. The molecular weight excluding hydrogens is 108 g/mol. The van der Waals surface area contributed by atoms with Gasteiger partial charge in [0.15, 0.2) is 0 Å². The number of thioether (sulfide) groups is 1. The summed E-state index contributed by atoms with van der Waals surface area (Å²) in [4.78, 5) is 0. The van der Waals surface area contributed by atoms with Crippen LogP contribution in [-0.2, 0) is 0 Å². The molecule has 1 fully saturated rings. The Kier molecular flexibility index (Phi) is 1.60. The van der Waals surface area contributed by atoms with Crippen molar-refractivity contribution in [3.8, 4) is 0 Å². The van der Waals surface area contributed by atoms with E-state index in [9.17, 15) is 0 Å². The van der Waals surface area contributed by atoms with E-state index in [0.29, 0.717) is 5.25 Å². The first-order chi connectivity index (χ1) is 3.29. The van der Waals surface area contributed by atoms with E-state index in [4.69, 9.17) is 5.11 Å². The van der Waals surface area contributed by atoms with Gasteiger partial charge in [-0.05, 0) is 6.42 Å². The summed E-state index contributed by atoms with van der Waals surface area (Å²) in [5.74, 6) is 0.946. The van der Waals surface area contributed by atoms with Crippen LogP contribution in [0.15, 0.2) is 0 Å². The molecule has 0 aliphatic carbocycles. The molecule has 1 rings (SSSR count). The fourth-order valence-electron chi connectivity index (χ4n) is 0.795. The van der Waals surface area contributed by atoms with Crippen LogP contribution in [0.2, 0.25) is 0 Å². The Morgan fingerprint density at radius 3 is 2.57 bits per heavy atom. The smallest absolute Gasteiger partial charge is 0.0641 e. The molecule has 1 N–H and O–H groups in total. The van der Waals surface area contributed by atoms with E-state index in [1.165, 1.54) is 0 Å². The molecule has 0 amide bonds. The zero-order valence-electron chi connectivity index (χ0n) is 4.42. The Morgan fingerprint density at radius 1 is 1.71 bits per heavy atom. The van der Waals surface area contributed by atoms with Crippen LogP contribution >= 0.6 is 11.8 Å². The molecule has 42 valence electrons. The first-order valence-electron chi connectivity index (χ1n) is 2.58. The molecule has 7 heavy (non-hydrogen) atoms. The minimum absolute atomic E-state index is 0.0139. The second-order valence-electron chi connectivity index (χ2n) is 2.03. The highest BCUT2D eigenvalue weighted by Gasteiger charge is 2.18. The second-order valence-corrected chi connectivity index (χ2v) is 3.50. The van der Waals surface area contributed by atoms with E-state index < -0.39 is 0 Å². The molecule has 0 spiro atoms. The van der Waals surface area contributed by atoms with E-state index in [0.717, 1.165) is 12.2 Å². The summed E-state index contributed by atoms with van der Waals surface area (Å²) in [5, 5.41) is 9.57. The van der Waals surface area contributed by atoms with Crippen LogP contribution in [0.25, 0.3) is 0 Å². The Hall–Kier alpha value is 0.310. The van der Waals surface area contributed by atoms with E-state index in [-0.39, 0.29) is 6.10 Å².